The van der Waals surface area contributed by atoms with E-state index >= 15 is 0 Å². The molecule has 1 amide bonds. The number of benzene rings is 2. The first-order valence-corrected chi connectivity index (χ1v) is 10.7. The molecule has 0 aliphatic carbocycles. The highest BCUT2D eigenvalue weighted by atomic mass is 32.2. The Bertz CT molecular complexity index is 965. The van der Waals surface area contributed by atoms with Crippen molar-refractivity contribution in [2.45, 2.75) is 30.7 Å². The van der Waals surface area contributed by atoms with Crippen LogP contribution in [0.1, 0.15) is 20.8 Å². The quantitative estimate of drug-likeness (QED) is 0.450. The average molecular weight is 419 g/mol. The maximum absolute atomic E-state index is 12.4. The van der Waals surface area contributed by atoms with Crippen LogP contribution in [0.2, 0.25) is 0 Å². The third-order valence-electron chi connectivity index (χ3n) is 3.93. The predicted molar refractivity (Wildman–Crippen MR) is 116 cm³/mol. The molecule has 0 saturated heterocycles. The van der Waals surface area contributed by atoms with Gasteiger partial charge in [0.25, 0.3) is 0 Å². The number of thiazole rings is 1. The molecule has 0 saturated carbocycles. The molecule has 0 radical (unpaired) electrons. The molecule has 2 aromatic carbocycles. The Hall–Kier alpha value is -2.12. The summed E-state index contributed by atoms with van der Waals surface area (Å²) in [7, 11) is 1.70. The monoisotopic (exact) mass is 418 g/mol. The highest BCUT2D eigenvalue weighted by Gasteiger charge is 2.20. The fourth-order valence-corrected chi connectivity index (χ4v) is 4.49. The van der Waals surface area contributed by atoms with Crippen molar-refractivity contribution in [3.8, 4) is 11.1 Å². The fraction of sp³-hybridized carbons (Fsp3) is 0.333. The van der Waals surface area contributed by atoms with Gasteiger partial charge in [0.15, 0.2) is 4.34 Å². The molecular formula is C21H23FN2O2S2. The molecule has 1 heterocycles. The summed E-state index contributed by atoms with van der Waals surface area (Å²) in [6.07, 6.45) is -0.385. The molecule has 0 atom stereocenters. The summed E-state index contributed by atoms with van der Waals surface area (Å²) < 4.78 is 19.7. The van der Waals surface area contributed by atoms with E-state index in [1.54, 1.807) is 18.4 Å². The van der Waals surface area contributed by atoms with Crippen LogP contribution in [0.25, 0.3) is 21.3 Å². The second kappa shape index (κ2) is 8.49. The van der Waals surface area contributed by atoms with Crippen LogP contribution in [0, 0.1) is 0 Å². The Morgan fingerprint density at radius 2 is 1.86 bits per heavy atom. The first kappa shape index (κ1) is 20.6. The van der Waals surface area contributed by atoms with Gasteiger partial charge in [-0.1, -0.05) is 30.0 Å². The molecule has 0 bridgehead atoms. The van der Waals surface area contributed by atoms with Gasteiger partial charge in [0, 0.05) is 18.5 Å². The van der Waals surface area contributed by atoms with Gasteiger partial charge in [-0.15, -0.1) is 11.3 Å². The smallest absolute Gasteiger partial charge is 0.414 e. The van der Waals surface area contributed by atoms with E-state index in [-0.39, 0.29) is 12.8 Å². The summed E-state index contributed by atoms with van der Waals surface area (Å²) in [5, 5.41) is 0. The van der Waals surface area contributed by atoms with E-state index in [9.17, 15) is 9.18 Å². The van der Waals surface area contributed by atoms with Crippen LogP contribution < -0.4 is 4.90 Å². The summed E-state index contributed by atoms with van der Waals surface area (Å²) in [4.78, 5) is 18.2. The Morgan fingerprint density at radius 3 is 2.50 bits per heavy atom. The first-order valence-electron chi connectivity index (χ1n) is 8.93. The van der Waals surface area contributed by atoms with Gasteiger partial charge >= 0.3 is 6.09 Å². The molecule has 0 spiro atoms. The average Bonchev–Trinajstić information content (AvgIpc) is 3.06. The minimum absolute atomic E-state index is 0.351. The van der Waals surface area contributed by atoms with Crippen molar-refractivity contribution in [2.75, 3.05) is 24.4 Å². The first-order chi connectivity index (χ1) is 13.3. The highest BCUT2D eigenvalue weighted by Crippen LogP contribution is 2.33. The lowest BCUT2D eigenvalue weighted by molar-refractivity contribution is 0.0589. The summed E-state index contributed by atoms with van der Waals surface area (Å²) in [5.41, 5.74) is 3.29. The number of nitrogens with zero attached hydrogens (tertiary/aromatic N) is 2. The predicted octanol–water partition coefficient (Wildman–Crippen LogP) is 6.40. The number of aromatic nitrogens is 1. The number of anilines is 1. The van der Waals surface area contributed by atoms with Gasteiger partial charge in [-0.3, -0.25) is 9.29 Å². The van der Waals surface area contributed by atoms with Gasteiger partial charge < -0.3 is 4.74 Å². The van der Waals surface area contributed by atoms with E-state index < -0.39 is 5.60 Å². The van der Waals surface area contributed by atoms with Crippen molar-refractivity contribution in [2.24, 2.45) is 0 Å². The third kappa shape index (κ3) is 5.02. The number of thioether (sulfide) groups is 1. The molecule has 3 aromatic rings. The van der Waals surface area contributed by atoms with Gasteiger partial charge in [-0.2, -0.15) is 0 Å². The van der Waals surface area contributed by atoms with Crippen LogP contribution in [0.3, 0.4) is 0 Å². The number of halogens is 1. The van der Waals surface area contributed by atoms with Crippen LogP contribution >= 0.6 is 23.1 Å². The third-order valence-corrected chi connectivity index (χ3v) is 6.04. The molecule has 3 rings (SSSR count). The minimum Gasteiger partial charge on any atom is -0.443 e. The summed E-state index contributed by atoms with van der Waals surface area (Å²) in [5.74, 6) is 0.430. The summed E-state index contributed by atoms with van der Waals surface area (Å²) in [6.45, 7) is 5.19. The zero-order chi connectivity index (χ0) is 20.3. The summed E-state index contributed by atoms with van der Waals surface area (Å²) >= 11 is 3.02. The number of alkyl halides is 1. The lowest BCUT2D eigenvalue weighted by atomic mass is 10.1. The number of ether oxygens (including phenoxy) is 1. The van der Waals surface area contributed by atoms with Gasteiger partial charge in [-0.05, 0) is 56.2 Å². The molecule has 0 unspecified atom stereocenters. The molecular weight excluding hydrogens is 395 g/mol. The van der Waals surface area contributed by atoms with Crippen molar-refractivity contribution in [3.63, 3.8) is 0 Å². The van der Waals surface area contributed by atoms with Crippen LogP contribution in [0.5, 0.6) is 0 Å². The van der Waals surface area contributed by atoms with E-state index in [0.717, 1.165) is 31.4 Å². The number of carbonyl (C=O) groups is 1. The van der Waals surface area contributed by atoms with Crippen LogP contribution in [-0.4, -0.2) is 36.2 Å². The Kier molecular flexibility index (Phi) is 6.25. The van der Waals surface area contributed by atoms with E-state index in [1.807, 2.05) is 57.2 Å². The number of amides is 1. The lowest BCUT2D eigenvalue weighted by Crippen LogP contribution is -2.34. The molecule has 0 N–H and O–H groups in total. The van der Waals surface area contributed by atoms with Gasteiger partial charge in [-0.25, -0.2) is 9.78 Å². The molecule has 148 valence electrons. The SMILES string of the molecule is CN(C(=O)OC(C)(C)C)c1ccc(-c2ccc3nc(SCCF)sc3c2)cc1. The molecule has 1 aromatic heterocycles. The second-order valence-electron chi connectivity index (χ2n) is 7.29. The molecule has 0 aliphatic heterocycles. The largest absolute Gasteiger partial charge is 0.443 e. The van der Waals surface area contributed by atoms with Crippen molar-refractivity contribution < 1.29 is 13.9 Å². The van der Waals surface area contributed by atoms with E-state index in [1.165, 1.54) is 16.7 Å². The van der Waals surface area contributed by atoms with E-state index in [2.05, 4.69) is 11.1 Å². The van der Waals surface area contributed by atoms with E-state index in [0.29, 0.717) is 5.75 Å². The maximum atomic E-state index is 12.4. The molecule has 28 heavy (non-hydrogen) atoms. The standard InChI is InChI=1S/C21H23FN2O2S2/c1-21(2,3)26-20(25)24(4)16-8-5-14(6-9-16)15-7-10-17-18(13-15)28-19(23-17)27-12-11-22/h5-10,13H,11-12H2,1-4H3. The lowest BCUT2D eigenvalue weighted by Gasteiger charge is -2.24. The Balaban J connectivity index is 1.78. The van der Waals surface area contributed by atoms with Crippen molar-refractivity contribution in [3.05, 3.63) is 42.5 Å². The number of fused-ring (bicyclic) bond motifs is 1. The normalized spacial score (nSPS) is 11.6. The number of rotatable bonds is 5. The van der Waals surface area contributed by atoms with Gasteiger partial charge in [0.05, 0.1) is 16.9 Å². The zero-order valence-corrected chi connectivity index (χ0v) is 18.0. The van der Waals surface area contributed by atoms with Crippen molar-refractivity contribution in [1.29, 1.82) is 0 Å². The second-order valence-corrected chi connectivity index (χ2v) is 9.66. The zero-order valence-electron chi connectivity index (χ0n) is 16.4. The van der Waals surface area contributed by atoms with Gasteiger partial charge in [0.2, 0.25) is 0 Å². The molecule has 0 fully saturated rings. The molecule has 4 nitrogen and oxygen atoms in total. The maximum Gasteiger partial charge on any atom is 0.414 e. The van der Waals surface area contributed by atoms with E-state index in [4.69, 9.17) is 4.74 Å². The Morgan fingerprint density at radius 1 is 1.18 bits per heavy atom. The minimum atomic E-state index is -0.531. The van der Waals surface area contributed by atoms with Crippen molar-refractivity contribution in [1.82, 2.24) is 4.98 Å². The van der Waals surface area contributed by atoms with Gasteiger partial charge in [0.1, 0.15) is 5.60 Å². The van der Waals surface area contributed by atoms with Crippen molar-refractivity contribution >= 4 is 45.1 Å². The highest BCUT2D eigenvalue weighted by molar-refractivity contribution is 8.01. The number of hydrogen-bond donors (Lipinski definition) is 0. The topological polar surface area (TPSA) is 42.4 Å². The summed E-state index contributed by atoms with van der Waals surface area (Å²) in [6, 6.07) is 13.9. The molecule has 7 heteroatoms. The van der Waals surface area contributed by atoms with Crippen LogP contribution in [0.15, 0.2) is 46.8 Å². The molecule has 0 aliphatic rings. The van der Waals surface area contributed by atoms with Crippen LogP contribution in [0.4, 0.5) is 14.9 Å². The Labute approximate surface area is 172 Å². The fourth-order valence-electron chi connectivity index (χ4n) is 2.58. The number of hydrogen-bond acceptors (Lipinski definition) is 5. The number of carbonyl (C=O) groups excluding carboxylic acids is 1. The van der Waals surface area contributed by atoms with Crippen LogP contribution in [-0.2, 0) is 4.74 Å².